The number of nitrogens with zero attached hydrogens (tertiary/aromatic N) is 1. The van der Waals surface area contributed by atoms with Crippen LogP contribution in [0.2, 0.25) is 0 Å². The van der Waals surface area contributed by atoms with Gasteiger partial charge < -0.3 is 16.0 Å². The molecule has 0 saturated carbocycles. The van der Waals surface area contributed by atoms with E-state index in [1.165, 1.54) is 0 Å². The molecule has 0 bridgehead atoms. The Hall–Kier alpha value is -3.15. The van der Waals surface area contributed by atoms with E-state index in [9.17, 15) is 9.59 Å². The van der Waals surface area contributed by atoms with E-state index in [2.05, 4.69) is 15.3 Å². The number of nitrogens with two attached hydrogens (primary N) is 1. The highest BCUT2D eigenvalue weighted by Crippen LogP contribution is 2.25. The van der Waals surface area contributed by atoms with Crippen molar-refractivity contribution in [3.8, 4) is 11.3 Å². The highest BCUT2D eigenvalue weighted by atomic mass is 16.1. The molecule has 2 aromatic heterocycles. The summed E-state index contributed by atoms with van der Waals surface area (Å²) in [5, 5.41) is 3.42. The molecular weight excluding hydrogens is 268 g/mol. The molecule has 21 heavy (non-hydrogen) atoms. The number of carbonyl (C=O) groups is 2. The third-order valence-electron chi connectivity index (χ3n) is 3.20. The van der Waals surface area contributed by atoms with Gasteiger partial charge in [-0.15, -0.1) is 0 Å². The molecule has 3 aromatic rings. The maximum absolute atomic E-state index is 11.2. The van der Waals surface area contributed by atoms with E-state index in [1.807, 2.05) is 18.2 Å². The van der Waals surface area contributed by atoms with Gasteiger partial charge in [0.25, 0.3) is 0 Å². The van der Waals surface area contributed by atoms with Crippen molar-refractivity contribution in [1.82, 2.24) is 9.97 Å². The molecule has 0 fully saturated rings. The van der Waals surface area contributed by atoms with Crippen molar-refractivity contribution < 1.29 is 9.59 Å². The fourth-order valence-electron chi connectivity index (χ4n) is 2.18. The second-order valence-corrected chi connectivity index (χ2v) is 4.50. The van der Waals surface area contributed by atoms with Gasteiger partial charge in [-0.25, -0.2) is 4.98 Å². The number of anilines is 1. The lowest BCUT2D eigenvalue weighted by Gasteiger charge is -2.03. The minimum atomic E-state index is -0.477. The van der Waals surface area contributed by atoms with E-state index in [0.717, 1.165) is 10.9 Å². The Morgan fingerprint density at radius 1 is 1.29 bits per heavy atom. The summed E-state index contributed by atoms with van der Waals surface area (Å²) in [4.78, 5) is 29.2. The van der Waals surface area contributed by atoms with Crippen LogP contribution in [0, 0.1) is 0 Å². The van der Waals surface area contributed by atoms with E-state index in [4.69, 9.17) is 5.73 Å². The van der Waals surface area contributed by atoms with Crippen molar-refractivity contribution in [2.24, 2.45) is 5.73 Å². The number of carbonyl (C=O) groups excluding carboxylic acids is 2. The van der Waals surface area contributed by atoms with Gasteiger partial charge in [-0.2, -0.15) is 0 Å². The van der Waals surface area contributed by atoms with Crippen molar-refractivity contribution in [2.75, 3.05) is 5.32 Å². The number of benzene rings is 1. The summed E-state index contributed by atoms with van der Waals surface area (Å²) >= 11 is 0. The molecule has 0 unspecified atom stereocenters. The third kappa shape index (κ3) is 2.34. The van der Waals surface area contributed by atoms with Crippen LogP contribution < -0.4 is 11.1 Å². The topological polar surface area (TPSA) is 101 Å². The fraction of sp³-hybridized carbons (Fsp3) is 0. The number of amides is 2. The van der Waals surface area contributed by atoms with Gasteiger partial charge in [0.15, 0.2) is 0 Å². The lowest BCUT2D eigenvalue weighted by Crippen LogP contribution is -2.10. The van der Waals surface area contributed by atoms with Gasteiger partial charge in [0.2, 0.25) is 12.3 Å². The summed E-state index contributed by atoms with van der Waals surface area (Å²) in [6.07, 6.45) is 2.29. The Morgan fingerprint density at radius 3 is 2.90 bits per heavy atom. The summed E-state index contributed by atoms with van der Waals surface area (Å²) in [7, 11) is 0. The summed E-state index contributed by atoms with van der Waals surface area (Å²) in [6.45, 7) is 0. The quantitative estimate of drug-likeness (QED) is 0.636. The standard InChI is InChI=1S/C15H12N4O2/c16-14(21)10-3-1-2-9(6-10)12-5-4-11-13(18-8-20)7-17-15(11)19-12/h1-8H,(H2,16,21)(H,17,19)(H,18,20). The normalized spacial score (nSPS) is 10.5. The van der Waals surface area contributed by atoms with Crippen LogP contribution in [0.25, 0.3) is 22.3 Å². The molecule has 0 aliphatic carbocycles. The monoisotopic (exact) mass is 280 g/mol. The minimum Gasteiger partial charge on any atom is -0.366 e. The van der Waals surface area contributed by atoms with Gasteiger partial charge in [0.05, 0.1) is 11.4 Å². The lowest BCUT2D eigenvalue weighted by atomic mass is 10.1. The molecule has 1 aromatic carbocycles. The van der Waals surface area contributed by atoms with Crippen LogP contribution in [-0.2, 0) is 4.79 Å². The maximum atomic E-state index is 11.2. The Labute approximate surface area is 120 Å². The predicted molar refractivity (Wildman–Crippen MR) is 79.7 cm³/mol. The zero-order valence-corrected chi connectivity index (χ0v) is 11.0. The van der Waals surface area contributed by atoms with Crippen LogP contribution in [0.4, 0.5) is 5.69 Å². The molecule has 0 aliphatic heterocycles. The number of pyridine rings is 1. The first-order valence-corrected chi connectivity index (χ1v) is 6.27. The number of fused-ring (bicyclic) bond motifs is 1. The fourth-order valence-corrected chi connectivity index (χ4v) is 2.18. The molecule has 4 N–H and O–H groups in total. The van der Waals surface area contributed by atoms with Crippen molar-refractivity contribution in [3.63, 3.8) is 0 Å². The van der Waals surface area contributed by atoms with Gasteiger partial charge >= 0.3 is 0 Å². The largest absolute Gasteiger partial charge is 0.366 e. The Kier molecular flexibility index (Phi) is 3.12. The van der Waals surface area contributed by atoms with Crippen LogP contribution in [0.3, 0.4) is 0 Å². The summed E-state index contributed by atoms with van der Waals surface area (Å²) in [5.74, 6) is -0.477. The van der Waals surface area contributed by atoms with E-state index in [0.29, 0.717) is 29.0 Å². The first-order valence-electron chi connectivity index (χ1n) is 6.27. The highest BCUT2D eigenvalue weighted by Gasteiger charge is 2.08. The summed E-state index contributed by atoms with van der Waals surface area (Å²) in [6, 6.07) is 10.7. The molecule has 0 aliphatic rings. The van der Waals surface area contributed by atoms with Gasteiger partial charge in [-0.3, -0.25) is 9.59 Å². The van der Waals surface area contributed by atoms with E-state index < -0.39 is 5.91 Å². The van der Waals surface area contributed by atoms with Gasteiger partial charge in [-0.1, -0.05) is 12.1 Å². The number of aromatic nitrogens is 2. The van der Waals surface area contributed by atoms with Crippen LogP contribution in [-0.4, -0.2) is 22.3 Å². The number of rotatable bonds is 4. The number of aromatic amines is 1. The van der Waals surface area contributed by atoms with E-state index in [-0.39, 0.29) is 0 Å². The predicted octanol–water partition coefficient (Wildman–Crippen LogP) is 1.90. The third-order valence-corrected chi connectivity index (χ3v) is 3.20. The van der Waals surface area contributed by atoms with Gasteiger partial charge in [0, 0.05) is 22.7 Å². The minimum absolute atomic E-state index is 0.434. The first-order chi connectivity index (χ1) is 10.2. The smallest absolute Gasteiger partial charge is 0.248 e. The van der Waals surface area contributed by atoms with E-state index >= 15 is 0 Å². The number of hydrogen-bond acceptors (Lipinski definition) is 3. The number of primary amides is 1. The molecule has 2 heterocycles. The van der Waals surface area contributed by atoms with Crippen molar-refractivity contribution in [3.05, 3.63) is 48.2 Å². The molecule has 3 rings (SSSR count). The van der Waals surface area contributed by atoms with Crippen molar-refractivity contribution in [1.29, 1.82) is 0 Å². The zero-order valence-electron chi connectivity index (χ0n) is 11.0. The molecule has 0 atom stereocenters. The second-order valence-electron chi connectivity index (χ2n) is 4.50. The van der Waals surface area contributed by atoms with Crippen LogP contribution >= 0.6 is 0 Å². The summed E-state index contributed by atoms with van der Waals surface area (Å²) in [5.41, 5.74) is 8.55. The first kappa shape index (κ1) is 12.9. The molecule has 0 saturated heterocycles. The SMILES string of the molecule is NC(=O)c1cccc(-c2ccc3c(NC=O)c[nH]c3n2)c1. The second kappa shape index (κ2) is 5.09. The van der Waals surface area contributed by atoms with Gasteiger partial charge in [-0.05, 0) is 24.3 Å². The van der Waals surface area contributed by atoms with Crippen LogP contribution in [0.1, 0.15) is 10.4 Å². The zero-order chi connectivity index (χ0) is 14.8. The number of nitrogens with one attached hydrogen (secondary N) is 2. The molecular formula is C15H12N4O2. The highest BCUT2D eigenvalue weighted by molar-refractivity contribution is 5.96. The van der Waals surface area contributed by atoms with Gasteiger partial charge in [0.1, 0.15) is 5.65 Å². The number of hydrogen-bond donors (Lipinski definition) is 3. The molecule has 6 heteroatoms. The molecule has 6 nitrogen and oxygen atoms in total. The van der Waals surface area contributed by atoms with Crippen LogP contribution in [0.15, 0.2) is 42.6 Å². The Balaban J connectivity index is 2.07. The van der Waals surface area contributed by atoms with Crippen molar-refractivity contribution >= 4 is 29.0 Å². The molecule has 0 radical (unpaired) electrons. The Morgan fingerprint density at radius 2 is 2.14 bits per heavy atom. The molecule has 2 amide bonds. The molecule has 0 spiro atoms. The summed E-state index contributed by atoms with van der Waals surface area (Å²) < 4.78 is 0. The molecule has 104 valence electrons. The Bertz CT molecular complexity index is 839. The maximum Gasteiger partial charge on any atom is 0.248 e. The van der Waals surface area contributed by atoms with E-state index in [1.54, 1.807) is 24.4 Å². The average molecular weight is 280 g/mol. The van der Waals surface area contributed by atoms with Crippen LogP contribution in [0.5, 0.6) is 0 Å². The van der Waals surface area contributed by atoms with Crippen molar-refractivity contribution in [2.45, 2.75) is 0 Å². The number of H-pyrrole nitrogens is 1. The average Bonchev–Trinajstić information content (AvgIpc) is 2.90. The lowest BCUT2D eigenvalue weighted by molar-refractivity contribution is -0.105.